The van der Waals surface area contributed by atoms with Gasteiger partial charge in [0.2, 0.25) is 5.91 Å². The first-order chi connectivity index (χ1) is 11.2. The normalized spacial score (nSPS) is 25.7. The minimum atomic E-state index is -0.611. The average molecular weight is 316 g/mol. The SMILES string of the molecule is O=C1CCC(Oc2ccc3c(c2)OCC32CCNCC2)C(=O)N1. The maximum atomic E-state index is 11.8. The van der Waals surface area contributed by atoms with Crippen LogP contribution in [0.5, 0.6) is 11.5 Å². The first-order valence-corrected chi connectivity index (χ1v) is 8.15. The summed E-state index contributed by atoms with van der Waals surface area (Å²) in [6.45, 7) is 2.74. The summed E-state index contributed by atoms with van der Waals surface area (Å²) >= 11 is 0. The lowest BCUT2D eigenvalue weighted by atomic mass is 9.75. The summed E-state index contributed by atoms with van der Waals surface area (Å²) in [6.07, 6.45) is 2.27. The minimum absolute atomic E-state index is 0.119. The molecule has 2 saturated heterocycles. The lowest BCUT2D eigenvalue weighted by Crippen LogP contribution is -2.46. The summed E-state index contributed by atoms with van der Waals surface area (Å²) < 4.78 is 11.7. The van der Waals surface area contributed by atoms with E-state index in [0.717, 1.165) is 31.7 Å². The van der Waals surface area contributed by atoms with Gasteiger partial charge in [-0.2, -0.15) is 0 Å². The number of imide groups is 1. The van der Waals surface area contributed by atoms with Gasteiger partial charge in [0.05, 0.1) is 6.61 Å². The molecule has 0 aliphatic carbocycles. The highest BCUT2D eigenvalue weighted by molar-refractivity contribution is 5.99. The molecule has 1 spiro atoms. The molecule has 3 aliphatic rings. The van der Waals surface area contributed by atoms with Gasteiger partial charge in [0.25, 0.3) is 5.91 Å². The molecule has 122 valence electrons. The molecule has 23 heavy (non-hydrogen) atoms. The number of carbonyl (C=O) groups excluding carboxylic acids is 2. The lowest BCUT2D eigenvalue weighted by molar-refractivity contribution is -0.138. The van der Waals surface area contributed by atoms with E-state index in [0.29, 0.717) is 25.2 Å². The van der Waals surface area contributed by atoms with Gasteiger partial charge in [-0.3, -0.25) is 14.9 Å². The number of piperidine rings is 2. The number of amides is 2. The van der Waals surface area contributed by atoms with Crippen molar-refractivity contribution >= 4 is 11.8 Å². The van der Waals surface area contributed by atoms with Crippen molar-refractivity contribution in [2.24, 2.45) is 0 Å². The monoisotopic (exact) mass is 316 g/mol. The van der Waals surface area contributed by atoms with Crippen LogP contribution in [0.25, 0.3) is 0 Å². The Labute approximate surface area is 134 Å². The van der Waals surface area contributed by atoms with Crippen LogP contribution in [-0.4, -0.2) is 37.6 Å². The molecule has 0 bridgehead atoms. The van der Waals surface area contributed by atoms with E-state index in [1.165, 1.54) is 5.56 Å². The van der Waals surface area contributed by atoms with Crippen LogP contribution in [-0.2, 0) is 15.0 Å². The first kappa shape index (κ1) is 14.5. The summed E-state index contributed by atoms with van der Waals surface area (Å²) in [5.74, 6) is 0.874. The Morgan fingerprint density at radius 1 is 1.22 bits per heavy atom. The number of benzene rings is 1. The van der Waals surface area contributed by atoms with Crippen molar-refractivity contribution in [3.05, 3.63) is 23.8 Å². The standard InChI is InChI=1S/C17H20N2O4/c20-15-4-3-13(16(21)19-15)23-11-1-2-12-14(9-11)22-10-17(12)5-7-18-8-6-17/h1-2,9,13,18H,3-8,10H2,(H,19,20,21). The number of carbonyl (C=O) groups is 2. The summed E-state index contributed by atoms with van der Waals surface area (Å²) in [7, 11) is 0. The third-order valence-corrected chi connectivity index (χ3v) is 5.06. The second-order valence-corrected chi connectivity index (χ2v) is 6.53. The van der Waals surface area contributed by atoms with Crippen molar-refractivity contribution in [2.45, 2.75) is 37.2 Å². The molecular weight excluding hydrogens is 296 g/mol. The van der Waals surface area contributed by atoms with E-state index in [1.54, 1.807) is 0 Å². The molecule has 1 atom stereocenters. The fraction of sp³-hybridized carbons (Fsp3) is 0.529. The van der Waals surface area contributed by atoms with Crippen LogP contribution in [0.2, 0.25) is 0 Å². The van der Waals surface area contributed by atoms with Gasteiger partial charge in [0.15, 0.2) is 6.10 Å². The fourth-order valence-electron chi connectivity index (χ4n) is 3.70. The lowest BCUT2D eigenvalue weighted by Gasteiger charge is -2.32. The second-order valence-electron chi connectivity index (χ2n) is 6.53. The van der Waals surface area contributed by atoms with Gasteiger partial charge in [-0.15, -0.1) is 0 Å². The molecule has 1 aromatic rings. The largest absolute Gasteiger partial charge is 0.492 e. The number of ether oxygens (including phenoxy) is 2. The first-order valence-electron chi connectivity index (χ1n) is 8.15. The fourth-order valence-corrected chi connectivity index (χ4v) is 3.70. The minimum Gasteiger partial charge on any atom is -0.492 e. The maximum absolute atomic E-state index is 11.8. The number of nitrogens with one attached hydrogen (secondary N) is 2. The zero-order valence-corrected chi connectivity index (χ0v) is 12.9. The van der Waals surface area contributed by atoms with E-state index in [1.807, 2.05) is 12.1 Å². The van der Waals surface area contributed by atoms with E-state index in [9.17, 15) is 9.59 Å². The van der Waals surface area contributed by atoms with Crippen molar-refractivity contribution in [1.82, 2.24) is 10.6 Å². The van der Waals surface area contributed by atoms with Gasteiger partial charge in [-0.1, -0.05) is 6.07 Å². The highest BCUT2D eigenvalue weighted by Crippen LogP contribution is 2.45. The summed E-state index contributed by atoms with van der Waals surface area (Å²) in [5.41, 5.74) is 1.36. The Balaban J connectivity index is 1.52. The maximum Gasteiger partial charge on any atom is 0.267 e. The predicted molar refractivity (Wildman–Crippen MR) is 82.5 cm³/mol. The average Bonchev–Trinajstić information content (AvgIpc) is 2.89. The third-order valence-electron chi connectivity index (χ3n) is 5.06. The van der Waals surface area contributed by atoms with Crippen molar-refractivity contribution in [1.29, 1.82) is 0 Å². The molecule has 2 N–H and O–H groups in total. The predicted octanol–water partition coefficient (Wildman–Crippen LogP) is 0.884. The number of fused-ring (bicyclic) bond motifs is 2. The molecular formula is C17H20N2O4. The van der Waals surface area contributed by atoms with Gasteiger partial charge in [0.1, 0.15) is 11.5 Å². The van der Waals surface area contributed by atoms with Gasteiger partial charge < -0.3 is 14.8 Å². The van der Waals surface area contributed by atoms with Crippen molar-refractivity contribution < 1.29 is 19.1 Å². The Morgan fingerprint density at radius 2 is 2.04 bits per heavy atom. The third kappa shape index (κ3) is 2.57. The quantitative estimate of drug-likeness (QED) is 0.792. The van der Waals surface area contributed by atoms with E-state index in [-0.39, 0.29) is 17.2 Å². The van der Waals surface area contributed by atoms with Gasteiger partial charge in [-0.25, -0.2) is 0 Å². The van der Waals surface area contributed by atoms with Gasteiger partial charge in [0, 0.05) is 29.9 Å². The highest BCUT2D eigenvalue weighted by atomic mass is 16.5. The van der Waals surface area contributed by atoms with Crippen LogP contribution in [0.1, 0.15) is 31.2 Å². The molecule has 1 unspecified atom stereocenters. The summed E-state index contributed by atoms with van der Waals surface area (Å²) in [5, 5.41) is 5.70. The molecule has 2 amide bonds. The molecule has 6 heteroatoms. The molecule has 0 aromatic heterocycles. The van der Waals surface area contributed by atoms with Crippen LogP contribution in [0.3, 0.4) is 0 Å². The van der Waals surface area contributed by atoms with Crippen molar-refractivity contribution in [2.75, 3.05) is 19.7 Å². The molecule has 4 rings (SSSR count). The zero-order chi connectivity index (χ0) is 15.9. The van der Waals surface area contributed by atoms with Gasteiger partial charge >= 0.3 is 0 Å². The van der Waals surface area contributed by atoms with E-state index in [2.05, 4.69) is 16.7 Å². The molecule has 3 aliphatic heterocycles. The molecule has 6 nitrogen and oxygen atoms in total. The smallest absolute Gasteiger partial charge is 0.267 e. The Bertz CT molecular complexity index is 652. The molecule has 1 aromatic carbocycles. The number of hydrogen-bond acceptors (Lipinski definition) is 5. The Morgan fingerprint density at radius 3 is 2.83 bits per heavy atom. The van der Waals surface area contributed by atoms with Crippen LogP contribution >= 0.6 is 0 Å². The van der Waals surface area contributed by atoms with E-state index >= 15 is 0 Å². The number of rotatable bonds is 2. The molecule has 0 saturated carbocycles. The molecule has 3 heterocycles. The van der Waals surface area contributed by atoms with Crippen LogP contribution in [0.15, 0.2) is 18.2 Å². The van der Waals surface area contributed by atoms with Crippen molar-refractivity contribution in [3.63, 3.8) is 0 Å². The summed E-state index contributed by atoms with van der Waals surface area (Å²) in [4.78, 5) is 23.0. The topological polar surface area (TPSA) is 76.7 Å². The molecule has 0 radical (unpaired) electrons. The van der Waals surface area contributed by atoms with E-state index < -0.39 is 6.10 Å². The van der Waals surface area contributed by atoms with Crippen molar-refractivity contribution in [3.8, 4) is 11.5 Å². The second kappa shape index (κ2) is 5.53. The van der Waals surface area contributed by atoms with Crippen LogP contribution in [0, 0.1) is 0 Å². The highest BCUT2D eigenvalue weighted by Gasteiger charge is 2.41. The number of hydrogen-bond donors (Lipinski definition) is 2. The Hall–Kier alpha value is -2.08. The van der Waals surface area contributed by atoms with Crippen LogP contribution in [0.4, 0.5) is 0 Å². The zero-order valence-electron chi connectivity index (χ0n) is 12.9. The van der Waals surface area contributed by atoms with Gasteiger partial charge in [-0.05, 0) is 32.0 Å². The Kier molecular flexibility index (Phi) is 3.49. The van der Waals surface area contributed by atoms with Crippen LogP contribution < -0.4 is 20.1 Å². The molecule has 2 fully saturated rings. The summed E-state index contributed by atoms with van der Waals surface area (Å²) in [6, 6.07) is 5.84. The van der Waals surface area contributed by atoms with E-state index in [4.69, 9.17) is 9.47 Å².